The molecule has 3 aliphatic rings. The number of carbonyl (C=O) groups is 3. The van der Waals surface area contributed by atoms with Crippen molar-refractivity contribution in [3.63, 3.8) is 0 Å². The largest absolute Gasteiger partial charge is 0.334 e. The van der Waals surface area contributed by atoms with E-state index in [4.69, 9.17) is 0 Å². The third kappa shape index (κ3) is 3.13. The Kier molecular flexibility index (Phi) is 4.51. The Morgan fingerprint density at radius 2 is 1.65 bits per heavy atom. The number of nitrogens with zero attached hydrogens (tertiary/aromatic N) is 2. The highest BCUT2D eigenvalue weighted by Gasteiger charge is 2.49. The second-order valence-electron chi connectivity index (χ2n) is 7.60. The number of fused-ring (bicyclic) bond motifs is 1. The Bertz CT molecular complexity index is 722. The van der Waals surface area contributed by atoms with Crippen molar-refractivity contribution in [1.82, 2.24) is 9.80 Å². The highest BCUT2D eigenvalue weighted by atomic mass is 19.1. The van der Waals surface area contributed by atoms with Gasteiger partial charge < -0.3 is 4.90 Å². The van der Waals surface area contributed by atoms with Crippen LogP contribution in [-0.2, 0) is 20.9 Å². The van der Waals surface area contributed by atoms with Crippen LogP contribution in [0.25, 0.3) is 0 Å². The van der Waals surface area contributed by atoms with Gasteiger partial charge in [0.25, 0.3) is 0 Å². The molecule has 6 heteroatoms. The lowest BCUT2D eigenvalue weighted by Crippen LogP contribution is -2.44. The van der Waals surface area contributed by atoms with Gasteiger partial charge in [0.1, 0.15) is 12.4 Å². The molecule has 0 N–H and O–H groups in total. The Morgan fingerprint density at radius 1 is 1.04 bits per heavy atom. The van der Waals surface area contributed by atoms with E-state index < -0.39 is 0 Å². The minimum atomic E-state index is -0.342. The molecule has 1 aromatic carbocycles. The van der Waals surface area contributed by atoms with Gasteiger partial charge in [0.05, 0.1) is 11.8 Å². The summed E-state index contributed by atoms with van der Waals surface area (Å²) >= 11 is 0. The summed E-state index contributed by atoms with van der Waals surface area (Å²) in [5, 5.41) is 0. The van der Waals surface area contributed by atoms with E-state index in [2.05, 4.69) is 0 Å². The molecule has 2 atom stereocenters. The molecule has 2 saturated carbocycles. The molecule has 3 fully saturated rings. The van der Waals surface area contributed by atoms with Crippen LogP contribution in [0, 0.1) is 17.7 Å². The van der Waals surface area contributed by atoms with Crippen molar-refractivity contribution in [3.8, 4) is 0 Å². The molecular weight excluding hydrogens is 335 g/mol. The lowest BCUT2D eigenvalue weighted by Gasteiger charge is -2.25. The Hall–Kier alpha value is -2.24. The number of imide groups is 1. The Labute approximate surface area is 152 Å². The fourth-order valence-corrected chi connectivity index (χ4v) is 4.23. The molecule has 0 bridgehead atoms. The molecule has 0 spiro atoms. The van der Waals surface area contributed by atoms with Crippen LogP contribution >= 0.6 is 0 Å². The Balaban J connectivity index is 1.48. The molecule has 138 valence electrons. The van der Waals surface area contributed by atoms with Gasteiger partial charge in [-0.15, -0.1) is 0 Å². The van der Waals surface area contributed by atoms with Crippen LogP contribution in [0.1, 0.15) is 44.1 Å². The quantitative estimate of drug-likeness (QED) is 0.760. The minimum Gasteiger partial charge on any atom is -0.334 e. The fraction of sp³-hybridized carbons (Fsp3) is 0.550. The van der Waals surface area contributed by atoms with Crippen LogP contribution < -0.4 is 0 Å². The maximum Gasteiger partial charge on any atom is 0.243 e. The molecule has 3 amide bonds. The van der Waals surface area contributed by atoms with E-state index in [1.54, 1.807) is 23.1 Å². The smallest absolute Gasteiger partial charge is 0.243 e. The van der Waals surface area contributed by atoms with Crippen molar-refractivity contribution < 1.29 is 18.8 Å². The van der Waals surface area contributed by atoms with Crippen molar-refractivity contribution in [2.75, 3.05) is 6.54 Å². The van der Waals surface area contributed by atoms with Gasteiger partial charge in [0.2, 0.25) is 17.7 Å². The molecule has 2 aliphatic carbocycles. The van der Waals surface area contributed by atoms with Gasteiger partial charge in [-0.2, -0.15) is 0 Å². The van der Waals surface area contributed by atoms with Crippen LogP contribution in [0.5, 0.6) is 0 Å². The van der Waals surface area contributed by atoms with Crippen LogP contribution in [0.4, 0.5) is 4.39 Å². The Morgan fingerprint density at radius 3 is 2.23 bits per heavy atom. The molecule has 5 nitrogen and oxygen atoms in total. The zero-order chi connectivity index (χ0) is 18.3. The first-order chi connectivity index (χ1) is 12.6. The summed E-state index contributed by atoms with van der Waals surface area (Å²) in [6, 6.07) is 6.48. The zero-order valence-corrected chi connectivity index (χ0v) is 14.7. The SMILES string of the molecule is O=C1[C@@H]2CCCC[C@H]2C(=O)N1CC(=O)N(Cc1ccccc1F)C1CC1. The number of hydrogen-bond donors (Lipinski definition) is 0. The molecule has 1 saturated heterocycles. The van der Waals surface area contributed by atoms with E-state index >= 15 is 0 Å². The first-order valence-electron chi connectivity index (χ1n) is 9.44. The van der Waals surface area contributed by atoms with E-state index in [0.29, 0.717) is 5.56 Å². The van der Waals surface area contributed by atoms with Crippen LogP contribution in [-0.4, -0.2) is 40.1 Å². The third-order valence-electron chi connectivity index (χ3n) is 5.83. The molecule has 1 aliphatic heterocycles. The van der Waals surface area contributed by atoms with Crippen molar-refractivity contribution in [3.05, 3.63) is 35.6 Å². The first-order valence-corrected chi connectivity index (χ1v) is 9.44. The standard InChI is InChI=1S/C20H23FN2O3/c21-17-8-4-1-5-13(17)11-22(14-9-10-14)18(24)12-23-19(25)15-6-2-3-7-16(15)20(23)26/h1,4-5,8,14-16H,2-3,6-7,9-12H2/t15-,16-/m1/s1. The lowest BCUT2D eigenvalue weighted by atomic mass is 9.81. The van der Waals surface area contributed by atoms with Gasteiger partial charge >= 0.3 is 0 Å². The lowest BCUT2D eigenvalue weighted by molar-refractivity contribution is -0.147. The molecule has 1 aromatic rings. The van der Waals surface area contributed by atoms with Gasteiger partial charge in [-0.3, -0.25) is 19.3 Å². The highest BCUT2D eigenvalue weighted by Crippen LogP contribution is 2.38. The van der Waals surface area contributed by atoms with Gasteiger partial charge in [-0.25, -0.2) is 4.39 Å². The molecule has 1 heterocycles. The van der Waals surface area contributed by atoms with E-state index in [0.717, 1.165) is 43.4 Å². The van der Waals surface area contributed by atoms with Gasteiger partial charge in [0, 0.05) is 18.2 Å². The summed E-state index contributed by atoms with van der Waals surface area (Å²) in [7, 11) is 0. The summed E-state index contributed by atoms with van der Waals surface area (Å²) in [6.45, 7) is -0.0329. The predicted molar refractivity (Wildman–Crippen MR) is 92.1 cm³/mol. The monoisotopic (exact) mass is 358 g/mol. The van der Waals surface area contributed by atoms with Crippen molar-refractivity contribution in [2.45, 2.75) is 51.1 Å². The van der Waals surface area contributed by atoms with E-state index in [1.807, 2.05) is 0 Å². The number of halogens is 1. The van der Waals surface area contributed by atoms with Crippen LogP contribution in [0.15, 0.2) is 24.3 Å². The van der Waals surface area contributed by atoms with Crippen molar-refractivity contribution in [1.29, 1.82) is 0 Å². The zero-order valence-electron chi connectivity index (χ0n) is 14.7. The molecule has 0 aromatic heterocycles. The molecule has 0 unspecified atom stereocenters. The second kappa shape index (κ2) is 6.82. The summed E-state index contributed by atoms with van der Waals surface area (Å²) < 4.78 is 14.0. The number of rotatable bonds is 5. The first kappa shape index (κ1) is 17.2. The van der Waals surface area contributed by atoms with E-state index in [1.165, 1.54) is 6.07 Å². The normalized spacial score (nSPS) is 25.3. The highest BCUT2D eigenvalue weighted by molar-refractivity contribution is 6.07. The fourth-order valence-electron chi connectivity index (χ4n) is 4.23. The molecule has 26 heavy (non-hydrogen) atoms. The van der Waals surface area contributed by atoms with Crippen molar-refractivity contribution in [2.24, 2.45) is 11.8 Å². The van der Waals surface area contributed by atoms with E-state index in [-0.39, 0.29) is 54.5 Å². The number of hydrogen-bond acceptors (Lipinski definition) is 3. The van der Waals surface area contributed by atoms with Crippen LogP contribution in [0.2, 0.25) is 0 Å². The minimum absolute atomic E-state index is 0.0807. The summed E-state index contributed by atoms with van der Waals surface area (Å²) in [5.74, 6) is -1.50. The number of carbonyl (C=O) groups excluding carboxylic acids is 3. The number of likely N-dealkylation sites (tertiary alicyclic amines) is 1. The molecular formula is C20H23FN2O3. The van der Waals surface area contributed by atoms with Gasteiger partial charge in [-0.1, -0.05) is 31.0 Å². The van der Waals surface area contributed by atoms with Crippen molar-refractivity contribution >= 4 is 17.7 Å². The van der Waals surface area contributed by atoms with E-state index in [9.17, 15) is 18.8 Å². The molecule has 4 rings (SSSR count). The summed E-state index contributed by atoms with van der Waals surface area (Å²) in [5.41, 5.74) is 0.459. The van der Waals surface area contributed by atoms with Gasteiger partial charge in [-0.05, 0) is 31.7 Å². The average Bonchev–Trinajstić information content (AvgIpc) is 3.46. The number of amides is 3. The summed E-state index contributed by atoms with van der Waals surface area (Å²) in [4.78, 5) is 40.8. The topological polar surface area (TPSA) is 57.7 Å². The third-order valence-corrected chi connectivity index (χ3v) is 5.83. The second-order valence-corrected chi connectivity index (χ2v) is 7.60. The summed E-state index contributed by atoms with van der Waals surface area (Å²) in [6.07, 6.45) is 5.16. The number of benzene rings is 1. The maximum absolute atomic E-state index is 14.0. The predicted octanol–water partition coefficient (Wildman–Crippen LogP) is 2.49. The maximum atomic E-state index is 14.0. The average molecular weight is 358 g/mol. The molecule has 0 radical (unpaired) electrons. The van der Waals surface area contributed by atoms with Crippen LogP contribution in [0.3, 0.4) is 0 Å². The van der Waals surface area contributed by atoms with Gasteiger partial charge in [0.15, 0.2) is 0 Å².